The van der Waals surface area contributed by atoms with Crippen LogP contribution in [0.3, 0.4) is 0 Å². The van der Waals surface area contributed by atoms with Crippen LogP contribution in [0.25, 0.3) is 0 Å². The molecule has 4 rings (SSSR count). The van der Waals surface area contributed by atoms with Crippen molar-refractivity contribution in [2.24, 2.45) is 0 Å². The summed E-state index contributed by atoms with van der Waals surface area (Å²) in [6, 6.07) is 5.48. The molecular weight excluding hydrogens is 340 g/mol. The van der Waals surface area contributed by atoms with Crippen molar-refractivity contribution < 1.29 is 4.79 Å². The van der Waals surface area contributed by atoms with E-state index in [1.165, 1.54) is 25.9 Å². The van der Waals surface area contributed by atoms with E-state index in [2.05, 4.69) is 31.6 Å². The van der Waals surface area contributed by atoms with Gasteiger partial charge >= 0.3 is 0 Å². The van der Waals surface area contributed by atoms with E-state index in [1.807, 2.05) is 17.0 Å². The highest BCUT2D eigenvalue weighted by molar-refractivity contribution is 5.92. The number of piperidine rings is 1. The van der Waals surface area contributed by atoms with Crippen molar-refractivity contribution in [1.82, 2.24) is 29.5 Å². The number of hydrogen-bond donors (Lipinski definition) is 0. The Morgan fingerprint density at radius 3 is 2.56 bits per heavy atom. The van der Waals surface area contributed by atoms with Crippen molar-refractivity contribution in [3.05, 3.63) is 41.7 Å². The van der Waals surface area contributed by atoms with Gasteiger partial charge in [0.05, 0.1) is 6.54 Å². The molecule has 27 heavy (non-hydrogen) atoms. The molecule has 0 bridgehead atoms. The van der Waals surface area contributed by atoms with Crippen LogP contribution >= 0.6 is 0 Å². The van der Waals surface area contributed by atoms with E-state index < -0.39 is 0 Å². The molecule has 0 aliphatic carbocycles. The van der Waals surface area contributed by atoms with Gasteiger partial charge in [0.15, 0.2) is 0 Å². The number of amides is 1. The lowest BCUT2D eigenvalue weighted by molar-refractivity contribution is 0.0704. The first kappa shape index (κ1) is 18.1. The topological polar surface area (TPSA) is 67.2 Å². The average molecular weight is 368 g/mol. The van der Waals surface area contributed by atoms with Gasteiger partial charge in [-0.15, -0.1) is 10.2 Å². The predicted octanol–water partition coefficient (Wildman–Crippen LogP) is 2.31. The average Bonchev–Trinajstić information content (AvgIpc) is 3.38. The van der Waals surface area contributed by atoms with Gasteiger partial charge < -0.3 is 9.47 Å². The first-order valence-electron chi connectivity index (χ1n) is 10.1. The molecule has 2 aromatic rings. The lowest BCUT2D eigenvalue weighted by Crippen LogP contribution is -2.38. The Bertz CT molecular complexity index is 760. The Labute approximate surface area is 160 Å². The molecule has 7 heteroatoms. The van der Waals surface area contributed by atoms with E-state index in [0.717, 1.165) is 50.7 Å². The Balaban J connectivity index is 1.40. The van der Waals surface area contributed by atoms with Crippen LogP contribution in [0.5, 0.6) is 0 Å². The Kier molecular flexibility index (Phi) is 5.48. The summed E-state index contributed by atoms with van der Waals surface area (Å²) in [5, 5.41) is 9.06. The summed E-state index contributed by atoms with van der Waals surface area (Å²) in [6.45, 7) is 7.80. The summed E-state index contributed by atoms with van der Waals surface area (Å²) < 4.78 is 2.29. The summed E-state index contributed by atoms with van der Waals surface area (Å²) in [6.07, 6.45) is 6.11. The van der Waals surface area contributed by atoms with E-state index in [9.17, 15) is 4.79 Å². The molecule has 2 aliphatic rings. The number of carbonyl (C=O) groups is 1. The van der Waals surface area contributed by atoms with Crippen LogP contribution in [-0.4, -0.2) is 61.6 Å². The minimum atomic E-state index is 0.0285. The van der Waals surface area contributed by atoms with Crippen LogP contribution in [0.15, 0.2) is 24.4 Å². The van der Waals surface area contributed by atoms with Gasteiger partial charge in [-0.25, -0.2) is 0 Å². The molecule has 0 saturated carbocycles. The molecule has 7 nitrogen and oxygen atoms in total. The molecule has 2 fully saturated rings. The third kappa shape index (κ3) is 3.88. The highest BCUT2D eigenvalue weighted by Gasteiger charge is 2.29. The van der Waals surface area contributed by atoms with Gasteiger partial charge in [-0.3, -0.25) is 14.7 Å². The molecule has 4 heterocycles. The minimum Gasteiger partial charge on any atom is -0.337 e. The zero-order valence-electron chi connectivity index (χ0n) is 16.0. The second kappa shape index (κ2) is 8.17. The van der Waals surface area contributed by atoms with Gasteiger partial charge in [-0.1, -0.05) is 6.07 Å². The van der Waals surface area contributed by atoms with Gasteiger partial charge in [0.1, 0.15) is 17.3 Å². The monoisotopic (exact) mass is 368 g/mol. The molecule has 2 saturated heterocycles. The van der Waals surface area contributed by atoms with E-state index in [-0.39, 0.29) is 5.91 Å². The molecule has 0 unspecified atom stereocenters. The second-order valence-corrected chi connectivity index (χ2v) is 7.48. The largest absolute Gasteiger partial charge is 0.337 e. The van der Waals surface area contributed by atoms with Gasteiger partial charge in [0.25, 0.3) is 5.91 Å². The van der Waals surface area contributed by atoms with Crippen LogP contribution in [0, 0.1) is 0 Å². The maximum Gasteiger partial charge on any atom is 0.272 e. The SMILES string of the molecule is CCn1c(CN2CCCC2)nnc1C1CCN(C(=O)c2ccccn2)CC1. The Hall–Kier alpha value is -2.28. The lowest BCUT2D eigenvalue weighted by atomic mass is 9.95. The van der Waals surface area contributed by atoms with E-state index >= 15 is 0 Å². The standard InChI is InChI=1S/C20H28N6O/c1-2-26-18(15-24-11-5-6-12-24)22-23-19(26)16-8-13-25(14-9-16)20(27)17-7-3-4-10-21-17/h3-4,7,10,16H,2,5-6,8-9,11-15H2,1H3. The number of nitrogens with zero attached hydrogens (tertiary/aromatic N) is 6. The fourth-order valence-electron chi connectivity index (χ4n) is 4.25. The fraction of sp³-hybridized carbons (Fsp3) is 0.600. The van der Waals surface area contributed by atoms with Crippen molar-refractivity contribution in [3.8, 4) is 0 Å². The molecule has 0 aromatic carbocycles. The molecular formula is C20H28N6O. The van der Waals surface area contributed by atoms with Gasteiger partial charge in [-0.2, -0.15) is 0 Å². The van der Waals surface area contributed by atoms with Crippen LogP contribution in [-0.2, 0) is 13.1 Å². The van der Waals surface area contributed by atoms with E-state index in [1.54, 1.807) is 12.3 Å². The van der Waals surface area contributed by atoms with Crippen LogP contribution in [0.1, 0.15) is 60.7 Å². The maximum absolute atomic E-state index is 12.6. The van der Waals surface area contributed by atoms with Crippen LogP contribution in [0.2, 0.25) is 0 Å². The summed E-state index contributed by atoms with van der Waals surface area (Å²) in [5.74, 6) is 2.58. The molecule has 2 aromatic heterocycles. The normalized spacial score (nSPS) is 18.9. The Morgan fingerprint density at radius 1 is 1.11 bits per heavy atom. The summed E-state index contributed by atoms with van der Waals surface area (Å²) in [5.41, 5.74) is 0.528. The second-order valence-electron chi connectivity index (χ2n) is 7.48. The Morgan fingerprint density at radius 2 is 1.89 bits per heavy atom. The van der Waals surface area contributed by atoms with Crippen molar-refractivity contribution >= 4 is 5.91 Å². The molecule has 144 valence electrons. The van der Waals surface area contributed by atoms with Crippen molar-refractivity contribution in [2.75, 3.05) is 26.2 Å². The van der Waals surface area contributed by atoms with Gasteiger partial charge in [-0.05, 0) is 57.8 Å². The van der Waals surface area contributed by atoms with Gasteiger partial charge in [0, 0.05) is 31.7 Å². The summed E-state index contributed by atoms with van der Waals surface area (Å²) in [4.78, 5) is 21.2. The minimum absolute atomic E-state index is 0.0285. The van der Waals surface area contributed by atoms with Crippen LogP contribution in [0.4, 0.5) is 0 Å². The molecule has 0 N–H and O–H groups in total. The third-order valence-corrected chi connectivity index (χ3v) is 5.77. The number of hydrogen-bond acceptors (Lipinski definition) is 5. The van der Waals surface area contributed by atoms with Crippen molar-refractivity contribution in [2.45, 2.75) is 51.6 Å². The predicted molar refractivity (Wildman–Crippen MR) is 102 cm³/mol. The zero-order chi connectivity index (χ0) is 18.6. The smallest absolute Gasteiger partial charge is 0.272 e. The van der Waals surface area contributed by atoms with E-state index in [0.29, 0.717) is 11.6 Å². The van der Waals surface area contributed by atoms with Crippen molar-refractivity contribution in [1.29, 1.82) is 0 Å². The molecule has 0 atom stereocenters. The molecule has 0 radical (unpaired) electrons. The van der Waals surface area contributed by atoms with Gasteiger partial charge in [0.2, 0.25) is 0 Å². The number of rotatable bonds is 5. The lowest BCUT2D eigenvalue weighted by Gasteiger charge is -2.31. The van der Waals surface area contributed by atoms with E-state index in [4.69, 9.17) is 0 Å². The summed E-state index contributed by atoms with van der Waals surface area (Å²) in [7, 11) is 0. The highest BCUT2D eigenvalue weighted by Crippen LogP contribution is 2.28. The quantitative estimate of drug-likeness (QED) is 0.810. The number of pyridine rings is 1. The highest BCUT2D eigenvalue weighted by atomic mass is 16.2. The molecule has 1 amide bonds. The number of carbonyl (C=O) groups excluding carboxylic acids is 1. The maximum atomic E-state index is 12.6. The number of aromatic nitrogens is 4. The molecule has 2 aliphatic heterocycles. The number of likely N-dealkylation sites (tertiary alicyclic amines) is 2. The first-order chi connectivity index (χ1) is 13.3. The zero-order valence-corrected chi connectivity index (χ0v) is 16.0. The first-order valence-corrected chi connectivity index (χ1v) is 10.1. The summed E-state index contributed by atoms with van der Waals surface area (Å²) >= 11 is 0. The van der Waals surface area contributed by atoms with Crippen LogP contribution < -0.4 is 0 Å². The fourth-order valence-corrected chi connectivity index (χ4v) is 4.25. The van der Waals surface area contributed by atoms with Crippen molar-refractivity contribution in [3.63, 3.8) is 0 Å². The third-order valence-electron chi connectivity index (χ3n) is 5.77. The molecule has 0 spiro atoms.